The van der Waals surface area contributed by atoms with Crippen LogP contribution in [0.2, 0.25) is 10.0 Å². The van der Waals surface area contributed by atoms with Crippen LogP contribution in [-0.2, 0) is 14.3 Å². The number of carbonyl (C=O) groups is 3. The number of aromatic amines is 1. The van der Waals surface area contributed by atoms with E-state index in [2.05, 4.69) is 10.3 Å². The van der Waals surface area contributed by atoms with Crippen molar-refractivity contribution in [2.75, 3.05) is 11.9 Å². The van der Waals surface area contributed by atoms with Gasteiger partial charge in [-0.2, -0.15) is 0 Å². The summed E-state index contributed by atoms with van der Waals surface area (Å²) in [5, 5.41) is 13.5. The van der Waals surface area contributed by atoms with Gasteiger partial charge in [-0.15, -0.1) is 0 Å². The quantitative estimate of drug-likeness (QED) is 0.344. The Labute approximate surface area is 187 Å². The first kappa shape index (κ1) is 22.4. The summed E-state index contributed by atoms with van der Waals surface area (Å²) in [4.78, 5) is 38.9. The highest BCUT2D eigenvalue weighted by molar-refractivity contribution is 6.39. The molecule has 7 nitrogen and oxygen atoms in total. The van der Waals surface area contributed by atoms with Crippen molar-refractivity contribution in [3.63, 3.8) is 0 Å². The topological polar surface area (TPSA) is 108 Å². The van der Waals surface area contributed by atoms with Gasteiger partial charge in [-0.05, 0) is 42.8 Å². The molecule has 31 heavy (non-hydrogen) atoms. The lowest BCUT2D eigenvalue weighted by atomic mass is 10.0. The summed E-state index contributed by atoms with van der Waals surface area (Å²) in [6.07, 6.45) is 1.35. The number of aliphatic carboxylic acids is 1. The summed E-state index contributed by atoms with van der Waals surface area (Å²) < 4.78 is 5.11. The number of carboxylic acid groups (broad SMARTS) is 1. The van der Waals surface area contributed by atoms with Crippen molar-refractivity contribution in [2.24, 2.45) is 0 Å². The van der Waals surface area contributed by atoms with Crippen molar-refractivity contribution in [1.82, 2.24) is 4.98 Å². The van der Waals surface area contributed by atoms with E-state index in [9.17, 15) is 19.5 Å². The number of ether oxygens (including phenoxy) is 1. The van der Waals surface area contributed by atoms with E-state index in [0.717, 1.165) is 0 Å². The number of hydrogen-bond acceptors (Lipinski definition) is 4. The maximum absolute atomic E-state index is 12.5. The van der Waals surface area contributed by atoms with Gasteiger partial charge in [0.25, 0.3) is 0 Å². The van der Waals surface area contributed by atoms with Gasteiger partial charge in [-0.1, -0.05) is 35.3 Å². The minimum absolute atomic E-state index is 0.0535. The zero-order valence-corrected chi connectivity index (χ0v) is 18.1. The molecule has 0 radical (unpaired) electrons. The average molecular weight is 461 g/mol. The SMILES string of the molecule is CCOC(=O)c1[nH]c2cc(Cl)cc(Cl)c2c1C=C(C(=O)O)c1cccc(NC(C)=O)c1. The van der Waals surface area contributed by atoms with E-state index in [1.54, 1.807) is 31.2 Å². The zero-order valence-electron chi connectivity index (χ0n) is 16.6. The second-order valence-corrected chi connectivity index (χ2v) is 7.41. The summed E-state index contributed by atoms with van der Waals surface area (Å²) in [5.74, 6) is -2.18. The molecule has 0 unspecified atom stereocenters. The summed E-state index contributed by atoms with van der Waals surface area (Å²) in [6.45, 7) is 3.15. The number of fused-ring (bicyclic) bond motifs is 1. The van der Waals surface area contributed by atoms with Crippen LogP contribution in [0.1, 0.15) is 35.5 Å². The van der Waals surface area contributed by atoms with Gasteiger partial charge in [0.1, 0.15) is 5.69 Å². The smallest absolute Gasteiger partial charge is 0.355 e. The third kappa shape index (κ3) is 4.90. The van der Waals surface area contributed by atoms with Gasteiger partial charge in [-0.25, -0.2) is 9.59 Å². The fourth-order valence-electron chi connectivity index (χ4n) is 3.16. The number of amides is 1. The maximum atomic E-state index is 12.5. The number of rotatable bonds is 6. The lowest BCUT2D eigenvalue weighted by Crippen LogP contribution is -2.08. The lowest BCUT2D eigenvalue weighted by molar-refractivity contribution is -0.130. The van der Waals surface area contributed by atoms with Crippen molar-refractivity contribution < 1.29 is 24.2 Å². The summed E-state index contributed by atoms with van der Waals surface area (Å²) in [6, 6.07) is 9.45. The number of aromatic nitrogens is 1. The van der Waals surface area contributed by atoms with E-state index in [-0.39, 0.29) is 34.4 Å². The minimum Gasteiger partial charge on any atom is -0.478 e. The van der Waals surface area contributed by atoms with Crippen LogP contribution < -0.4 is 5.32 Å². The van der Waals surface area contributed by atoms with Gasteiger partial charge < -0.3 is 20.1 Å². The molecule has 3 N–H and O–H groups in total. The number of esters is 1. The predicted molar refractivity (Wildman–Crippen MR) is 121 cm³/mol. The highest BCUT2D eigenvalue weighted by Gasteiger charge is 2.22. The largest absolute Gasteiger partial charge is 0.478 e. The van der Waals surface area contributed by atoms with Gasteiger partial charge >= 0.3 is 11.9 Å². The molecule has 0 fully saturated rings. The summed E-state index contributed by atoms with van der Waals surface area (Å²) >= 11 is 12.4. The Kier molecular flexibility index (Phi) is 6.68. The third-order valence-electron chi connectivity index (χ3n) is 4.35. The minimum atomic E-state index is -1.23. The van der Waals surface area contributed by atoms with Gasteiger partial charge in [-0.3, -0.25) is 4.79 Å². The molecule has 9 heteroatoms. The number of carboxylic acids is 1. The van der Waals surface area contributed by atoms with Crippen LogP contribution in [-0.4, -0.2) is 34.5 Å². The summed E-state index contributed by atoms with van der Waals surface area (Å²) in [5.41, 5.74) is 1.43. The number of anilines is 1. The van der Waals surface area contributed by atoms with Crippen LogP contribution in [0, 0.1) is 0 Å². The first-order valence-corrected chi connectivity index (χ1v) is 9.97. The molecule has 0 bridgehead atoms. The van der Waals surface area contributed by atoms with E-state index in [4.69, 9.17) is 27.9 Å². The molecule has 0 aliphatic heterocycles. The highest BCUT2D eigenvalue weighted by atomic mass is 35.5. The fraction of sp³-hybridized carbons (Fsp3) is 0.136. The molecule has 0 aliphatic carbocycles. The number of hydrogen-bond donors (Lipinski definition) is 3. The molecule has 0 saturated heterocycles. The first-order chi connectivity index (χ1) is 14.7. The Morgan fingerprint density at radius 2 is 1.94 bits per heavy atom. The number of H-pyrrole nitrogens is 1. The van der Waals surface area contributed by atoms with E-state index in [0.29, 0.717) is 27.2 Å². The van der Waals surface area contributed by atoms with Crippen LogP contribution in [0.4, 0.5) is 5.69 Å². The van der Waals surface area contributed by atoms with Crippen LogP contribution >= 0.6 is 23.2 Å². The average Bonchev–Trinajstić information content (AvgIpc) is 3.04. The van der Waals surface area contributed by atoms with Crippen molar-refractivity contribution in [3.8, 4) is 0 Å². The number of carbonyl (C=O) groups excluding carboxylic acids is 2. The highest BCUT2D eigenvalue weighted by Crippen LogP contribution is 2.35. The van der Waals surface area contributed by atoms with E-state index >= 15 is 0 Å². The molecule has 0 aliphatic rings. The Morgan fingerprint density at radius 1 is 1.19 bits per heavy atom. The number of nitrogens with one attached hydrogen (secondary N) is 2. The van der Waals surface area contributed by atoms with E-state index in [1.807, 2.05) is 0 Å². The molecule has 1 heterocycles. The first-order valence-electron chi connectivity index (χ1n) is 9.22. The molecular weight excluding hydrogens is 443 g/mol. The second kappa shape index (κ2) is 9.24. The Bertz CT molecular complexity index is 1230. The van der Waals surface area contributed by atoms with Crippen molar-refractivity contribution in [3.05, 3.63) is 63.3 Å². The van der Waals surface area contributed by atoms with Crippen molar-refractivity contribution in [1.29, 1.82) is 0 Å². The zero-order chi connectivity index (χ0) is 22.7. The molecular formula is C22H18Cl2N2O5. The van der Waals surface area contributed by atoms with Crippen molar-refractivity contribution >= 4 is 69.3 Å². The summed E-state index contributed by atoms with van der Waals surface area (Å²) in [7, 11) is 0. The Morgan fingerprint density at radius 3 is 2.58 bits per heavy atom. The van der Waals surface area contributed by atoms with Crippen LogP contribution in [0.15, 0.2) is 36.4 Å². The maximum Gasteiger partial charge on any atom is 0.355 e. The van der Waals surface area contributed by atoms with Gasteiger partial charge in [0.2, 0.25) is 5.91 Å². The third-order valence-corrected chi connectivity index (χ3v) is 4.86. The molecule has 3 aromatic rings. The van der Waals surface area contributed by atoms with E-state index in [1.165, 1.54) is 25.1 Å². The molecule has 160 valence electrons. The van der Waals surface area contributed by atoms with Crippen LogP contribution in [0.3, 0.4) is 0 Å². The monoisotopic (exact) mass is 460 g/mol. The molecule has 1 aromatic heterocycles. The number of benzene rings is 2. The van der Waals surface area contributed by atoms with Gasteiger partial charge in [0, 0.05) is 34.1 Å². The van der Waals surface area contributed by atoms with Gasteiger partial charge in [0.15, 0.2) is 0 Å². The normalized spacial score (nSPS) is 11.4. The fourth-order valence-corrected chi connectivity index (χ4v) is 3.76. The standard InChI is InChI=1S/C22H18Cl2N2O5/c1-3-31-22(30)20-16(19-17(24)8-13(23)9-18(19)26-20)10-15(21(28)29)12-5-4-6-14(7-12)25-11(2)27/h4-10,26H,3H2,1-2H3,(H,25,27)(H,28,29). The van der Waals surface area contributed by atoms with Crippen LogP contribution in [0.25, 0.3) is 22.6 Å². The lowest BCUT2D eigenvalue weighted by Gasteiger charge is -2.08. The number of halogens is 2. The van der Waals surface area contributed by atoms with Crippen LogP contribution in [0.5, 0.6) is 0 Å². The molecule has 3 rings (SSSR count). The van der Waals surface area contributed by atoms with Crippen molar-refractivity contribution in [2.45, 2.75) is 13.8 Å². The molecule has 1 amide bonds. The molecule has 0 saturated carbocycles. The van der Waals surface area contributed by atoms with Gasteiger partial charge in [0.05, 0.1) is 17.2 Å². The molecule has 0 spiro atoms. The Balaban J connectivity index is 2.27. The second-order valence-electron chi connectivity index (χ2n) is 6.57. The molecule has 0 atom stereocenters. The predicted octanol–water partition coefficient (Wildman–Crippen LogP) is 5.24. The Hall–Kier alpha value is -3.29. The van der Waals surface area contributed by atoms with E-state index < -0.39 is 11.9 Å². The molecule has 2 aromatic carbocycles.